The molecule has 0 spiro atoms. The monoisotopic (exact) mass is 150 g/mol. The van der Waals surface area contributed by atoms with Gasteiger partial charge >= 0.3 is 0 Å². The van der Waals surface area contributed by atoms with E-state index in [2.05, 4.69) is 24.4 Å². The molecule has 0 bridgehead atoms. The Morgan fingerprint density at radius 3 is 3.20 bits per heavy atom. The Morgan fingerprint density at radius 2 is 2.40 bits per heavy atom. The molecule has 1 heterocycles. The second-order valence-corrected chi connectivity index (χ2v) is 3.68. The van der Waals surface area contributed by atoms with E-state index in [1.54, 1.807) is 4.88 Å². The Kier molecular flexibility index (Phi) is 1.38. The standard InChI is InChI=1S/C9H10S/c1-7-3-2-4-9-8(7)5-6-10-9/h3,5-6H,2,4H2,1H3. The van der Waals surface area contributed by atoms with Crippen LogP contribution >= 0.6 is 11.3 Å². The Balaban J connectivity index is 2.55. The Labute approximate surface area is 65.2 Å². The van der Waals surface area contributed by atoms with Crippen LogP contribution in [0.3, 0.4) is 0 Å². The molecule has 0 fully saturated rings. The van der Waals surface area contributed by atoms with E-state index in [-0.39, 0.29) is 0 Å². The van der Waals surface area contributed by atoms with Crippen LogP contribution in [0.1, 0.15) is 23.8 Å². The van der Waals surface area contributed by atoms with E-state index < -0.39 is 0 Å². The largest absolute Gasteiger partial charge is 0.148 e. The summed E-state index contributed by atoms with van der Waals surface area (Å²) in [7, 11) is 0. The minimum absolute atomic E-state index is 1.24. The average Bonchev–Trinajstić information content (AvgIpc) is 2.36. The maximum absolute atomic E-state index is 2.33. The first-order valence-corrected chi connectivity index (χ1v) is 4.49. The molecule has 2 rings (SSSR count). The first kappa shape index (κ1) is 6.17. The smallest absolute Gasteiger partial charge is 0.0123 e. The molecule has 10 heavy (non-hydrogen) atoms. The molecule has 0 radical (unpaired) electrons. The van der Waals surface area contributed by atoms with Crippen molar-refractivity contribution in [3.63, 3.8) is 0 Å². The Morgan fingerprint density at radius 1 is 1.50 bits per heavy atom. The summed E-state index contributed by atoms with van der Waals surface area (Å²) in [6.45, 7) is 2.20. The molecule has 0 N–H and O–H groups in total. The fourth-order valence-corrected chi connectivity index (χ4v) is 2.38. The minimum Gasteiger partial charge on any atom is -0.148 e. The summed E-state index contributed by atoms with van der Waals surface area (Å²) in [5.74, 6) is 0. The van der Waals surface area contributed by atoms with Crippen LogP contribution in [0.2, 0.25) is 0 Å². The number of hydrogen-bond acceptors (Lipinski definition) is 1. The van der Waals surface area contributed by atoms with Gasteiger partial charge in [0.1, 0.15) is 0 Å². The van der Waals surface area contributed by atoms with Crippen LogP contribution in [0.15, 0.2) is 17.5 Å². The van der Waals surface area contributed by atoms with Gasteiger partial charge in [0, 0.05) is 4.88 Å². The topological polar surface area (TPSA) is 0 Å². The van der Waals surface area contributed by atoms with Crippen molar-refractivity contribution in [2.75, 3.05) is 0 Å². The molecule has 0 unspecified atom stereocenters. The van der Waals surface area contributed by atoms with Crippen molar-refractivity contribution in [1.29, 1.82) is 0 Å². The summed E-state index contributed by atoms with van der Waals surface area (Å²) in [4.78, 5) is 1.57. The molecular formula is C9H10S. The number of rotatable bonds is 0. The Hall–Kier alpha value is -0.560. The lowest BCUT2D eigenvalue weighted by molar-refractivity contribution is 1.00. The zero-order valence-electron chi connectivity index (χ0n) is 6.05. The third-order valence-electron chi connectivity index (χ3n) is 1.99. The van der Waals surface area contributed by atoms with E-state index in [4.69, 9.17) is 0 Å². The van der Waals surface area contributed by atoms with Gasteiger partial charge in [-0.3, -0.25) is 0 Å². The SMILES string of the molecule is CC1=CCCc2sccc21. The predicted octanol–water partition coefficient (Wildman–Crippen LogP) is 3.10. The number of aryl methyl sites for hydroxylation is 1. The van der Waals surface area contributed by atoms with Crippen molar-refractivity contribution >= 4 is 16.9 Å². The summed E-state index contributed by atoms with van der Waals surface area (Å²) in [6.07, 6.45) is 4.82. The molecular weight excluding hydrogens is 140 g/mol. The highest BCUT2D eigenvalue weighted by molar-refractivity contribution is 7.10. The summed E-state index contributed by atoms with van der Waals surface area (Å²) < 4.78 is 0. The lowest BCUT2D eigenvalue weighted by atomic mass is 10.00. The van der Waals surface area contributed by atoms with Crippen LogP contribution in [0.4, 0.5) is 0 Å². The van der Waals surface area contributed by atoms with Crippen LogP contribution in [-0.4, -0.2) is 0 Å². The number of fused-ring (bicyclic) bond motifs is 1. The van der Waals surface area contributed by atoms with Crippen LogP contribution in [0.5, 0.6) is 0 Å². The molecule has 0 atom stereocenters. The molecule has 1 aromatic rings. The van der Waals surface area contributed by atoms with Crippen molar-refractivity contribution in [3.8, 4) is 0 Å². The summed E-state index contributed by atoms with van der Waals surface area (Å²) >= 11 is 1.89. The van der Waals surface area contributed by atoms with E-state index in [1.165, 1.54) is 24.0 Å². The van der Waals surface area contributed by atoms with Crippen molar-refractivity contribution in [2.45, 2.75) is 19.8 Å². The van der Waals surface area contributed by atoms with Crippen LogP contribution in [0, 0.1) is 0 Å². The molecule has 0 nitrogen and oxygen atoms in total. The molecule has 0 saturated carbocycles. The van der Waals surface area contributed by atoms with Crippen LogP contribution in [0.25, 0.3) is 5.57 Å². The molecule has 1 aliphatic carbocycles. The highest BCUT2D eigenvalue weighted by atomic mass is 32.1. The minimum atomic E-state index is 1.24. The third kappa shape index (κ3) is 0.816. The first-order valence-electron chi connectivity index (χ1n) is 3.61. The van der Waals surface area contributed by atoms with Crippen LogP contribution < -0.4 is 0 Å². The van der Waals surface area contributed by atoms with E-state index >= 15 is 0 Å². The zero-order valence-corrected chi connectivity index (χ0v) is 6.87. The number of hydrogen-bond donors (Lipinski definition) is 0. The second-order valence-electron chi connectivity index (χ2n) is 2.68. The number of allylic oxidation sites excluding steroid dienone is 2. The molecule has 1 heteroatoms. The van der Waals surface area contributed by atoms with Crippen molar-refractivity contribution in [3.05, 3.63) is 28.0 Å². The first-order chi connectivity index (χ1) is 4.88. The quantitative estimate of drug-likeness (QED) is 0.533. The molecule has 0 amide bonds. The normalized spacial score (nSPS) is 16.3. The van der Waals surface area contributed by atoms with Gasteiger partial charge < -0.3 is 0 Å². The van der Waals surface area contributed by atoms with E-state index in [0.29, 0.717) is 0 Å². The third-order valence-corrected chi connectivity index (χ3v) is 2.97. The van der Waals surface area contributed by atoms with Crippen molar-refractivity contribution in [1.82, 2.24) is 0 Å². The van der Waals surface area contributed by atoms with Gasteiger partial charge in [-0.05, 0) is 42.3 Å². The van der Waals surface area contributed by atoms with E-state index in [1.807, 2.05) is 11.3 Å². The molecule has 0 saturated heterocycles. The summed E-state index contributed by atoms with van der Waals surface area (Å²) in [5.41, 5.74) is 2.94. The van der Waals surface area contributed by atoms with Gasteiger partial charge in [0.05, 0.1) is 0 Å². The molecule has 52 valence electrons. The maximum atomic E-state index is 2.33. The van der Waals surface area contributed by atoms with Gasteiger partial charge in [-0.2, -0.15) is 0 Å². The van der Waals surface area contributed by atoms with E-state index in [0.717, 1.165) is 0 Å². The van der Waals surface area contributed by atoms with Gasteiger partial charge in [-0.25, -0.2) is 0 Å². The van der Waals surface area contributed by atoms with Gasteiger partial charge in [-0.15, -0.1) is 11.3 Å². The number of thiophene rings is 1. The van der Waals surface area contributed by atoms with Crippen molar-refractivity contribution in [2.24, 2.45) is 0 Å². The fraction of sp³-hybridized carbons (Fsp3) is 0.333. The summed E-state index contributed by atoms with van der Waals surface area (Å²) in [6, 6.07) is 2.23. The molecule has 1 aromatic heterocycles. The predicted molar refractivity (Wildman–Crippen MR) is 46.3 cm³/mol. The molecule has 1 aliphatic rings. The van der Waals surface area contributed by atoms with Gasteiger partial charge in [0.2, 0.25) is 0 Å². The summed E-state index contributed by atoms with van der Waals surface area (Å²) in [5, 5.41) is 2.19. The fourth-order valence-electron chi connectivity index (χ4n) is 1.42. The zero-order chi connectivity index (χ0) is 6.97. The van der Waals surface area contributed by atoms with Gasteiger partial charge in [0.15, 0.2) is 0 Å². The molecule has 0 aliphatic heterocycles. The van der Waals surface area contributed by atoms with E-state index in [9.17, 15) is 0 Å². The Bertz CT molecular complexity index is 268. The average molecular weight is 150 g/mol. The lowest BCUT2D eigenvalue weighted by Crippen LogP contribution is -1.91. The van der Waals surface area contributed by atoms with Gasteiger partial charge in [0.25, 0.3) is 0 Å². The highest BCUT2D eigenvalue weighted by Gasteiger charge is 2.08. The van der Waals surface area contributed by atoms with Gasteiger partial charge in [-0.1, -0.05) is 6.08 Å². The lowest BCUT2D eigenvalue weighted by Gasteiger charge is -2.08. The maximum Gasteiger partial charge on any atom is 0.0123 e. The molecule has 0 aromatic carbocycles. The van der Waals surface area contributed by atoms with Crippen LogP contribution in [-0.2, 0) is 6.42 Å². The second kappa shape index (κ2) is 2.24. The highest BCUT2D eigenvalue weighted by Crippen LogP contribution is 2.29. The van der Waals surface area contributed by atoms with Crippen molar-refractivity contribution < 1.29 is 0 Å².